The average molecular weight is 407 g/mol. The third-order valence-electron chi connectivity index (χ3n) is 4.55. The third kappa shape index (κ3) is 4.38. The Hall–Kier alpha value is -3.38. The molecule has 2 aromatic heterocycles. The van der Waals surface area contributed by atoms with Crippen LogP contribution in [0.2, 0.25) is 5.02 Å². The van der Waals surface area contributed by atoms with Crippen LogP contribution in [0.4, 0.5) is 5.82 Å². The van der Waals surface area contributed by atoms with Gasteiger partial charge in [0.2, 0.25) is 0 Å². The number of nitrogens with one attached hydrogen (secondary N) is 1. The number of carbonyl (C=O) groups excluding carboxylic acids is 1. The number of aromatic nitrogens is 3. The fourth-order valence-corrected chi connectivity index (χ4v) is 3.04. The third-order valence-corrected chi connectivity index (χ3v) is 4.80. The molecule has 1 amide bonds. The summed E-state index contributed by atoms with van der Waals surface area (Å²) in [5.41, 5.74) is 4.21. The van der Waals surface area contributed by atoms with Crippen molar-refractivity contribution in [1.29, 1.82) is 0 Å². The molecule has 0 fully saturated rings. The molecular weight excluding hydrogens is 388 g/mol. The van der Waals surface area contributed by atoms with Crippen LogP contribution in [0.1, 0.15) is 27.3 Å². The molecule has 0 spiro atoms. The highest BCUT2D eigenvalue weighted by molar-refractivity contribution is 6.30. The Kier molecular flexibility index (Phi) is 5.18. The maximum absolute atomic E-state index is 12.5. The van der Waals surface area contributed by atoms with Gasteiger partial charge in [-0.1, -0.05) is 58.7 Å². The molecule has 146 valence electrons. The zero-order valence-electron chi connectivity index (χ0n) is 16.0. The molecule has 0 saturated heterocycles. The molecule has 4 rings (SSSR count). The van der Waals surface area contributed by atoms with Crippen LogP contribution in [-0.4, -0.2) is 20.8 Å². The molecular formula is C22H19ClN4O2. The monoisotopic (exact) mass is 406 g/mol. The zero-order chi connectivity index (χ0) is 20.4. The normalized spacial score (nSPS) is 10.9. The largest absolute Gasteiger partial charge is 0.355 e. The summed E-state index contributed by atoms with van der Waals surface area (Å²) in [4.78, 5) is 12.5. The Morgan fingerprint density at radius 1 is 1.07 bits per heavy atom. The summed E-state index contributed by atoms with van der Waals surface area (Å²) >= 11 is 5.93. The molecule has 29 heavy (non-hydrogen) atoms. The summed E-state index contributed by atoms with van der Waals surface area (Å²) in [6.07, 6.45) is 0. The number of carbonyl (C=O) groups is 1. The topological polar surface area (TPSA) is 73.0 Å². The van der Waals surface area contributed by atoms with Crippen molar-refractivity contribution in [2.24, 2.45) is 0 Å². The van der Waals surface area contributed by atoms with Gasteiger partial charge in [-0.15, -0.1) is 0 Å². The van der Waals surface area contributed by atoms with Crippen LogP contribution in [0.5, 0.6) is 0 Å². The van der Waals surface area contributed by atoms with Crippen molar-refractivity contribution >= 4 is 23.3 Å². The number of amides is 1. The molecule has 0 aliphatic carbocycles. The Balaban J connectivity index is 1.46. The van der Waals surface area contributed by atoms with Gasteiger partial charge in [0.1, 0.15) is 0 Å². The molecule has 2 aromatic carbocycles. The smallest absolute Gasteiger partial charge is 0.279 e. The van der Waals surface area contributed by atoms with Gasteiger partial charge in [-0.2, -0.15) is 5.10 Å². The van der Waals surface area contributed by atoms with Crippen LogP contribution in [0.25, 0.3) is 11.3 Å². The highest BCUT2D eigenvalue weighted by atomic mass is 35.5. The van der Waals surface area contributed by atoms with Crippen molar-refractivity contribution in [1.82, 2.24) is 14.9 Å². The molecule has 0 aliphatic heterocycles. The predicted octanol–water partition coefficient (Wildman–Crippen LogP) is 5.11. The van der Waals surface area contributed by atoms with Gasteiger partial charge >= 0.3 is 0 Å². The van der Waals surface area contributed by atoms with Gasteiger partial charge in [0, 0.05) is 28.4 Å². The second kappa shape index (κ2) is 7.93. The van der Waals surface area contributed by atoms with E-state index in [1.807, 2.05) is 73.1 Å². The van der Waals surface area contributed by atoms with Crippen molar-refractivity contribution in [3.05, 3.63) is 88.2 Å². The summed E-state index contributed by atoms with van der Waals surface area (Å²) < 4.78 is 7.14. The number of anilines is 1. The lowest BCUT2D eigenvalue weighted by Gasteiger charge is -2.04. The molecule has 4 aromatic rings. The molecule has 1 N–H and O–H groups in total. The molecule has 0 aliphatic rings. The molecule has 6 nitrogen and oxygen atoms in total. The lowest BCUT2D eigenvalue weighted by atomic mass is 10.1. The number of rotatable bonds is 5. The summed E-state index contributed by atoms with van der Waals surface area (Å²) in [6.45, 7) is 4.53. The number of hydrogen-bond acceptors (Lipinski definition) is 4. The van der Waals surface area contributed by atoms with E-state index in [2.05, 4.69) is 15.6 Å². The van der Waals surface area contributed by atoms with Gasteiger partial charge in [-0.3, -0.25) is 9.48 Å². The first-order chi connectivity index (χ1) is 14.0. The van der Waals surface area contributed by atoms with Gasteiger partial charge in [-0.05, 0) is 31.5 Å². The minimum absolute atomic E-state index is 0.200. The maximum atomic E-state index is 12.5. The second-order valence-corrected chi connectivity index (χ2v) is 7.29. The van der Waals surface area contributed by atoms with Crippen LogP contribution in [0.3, 0.4) is 0 Å². The molecule has 0 unspecified atom stereocenters. The van der Waals surface area contributed by atoms with Crippen LogP contribution in [0, 0.1) is 13.8 Å². The van der Waals surface area contributed by atoms with E-state index in [1.165, 1.54) is 0 Å². The van der Waals surface area contributed by atoms with Crippen LogP contribution < -0.4 is 5.32 Å². The van der Waals surface area contributed by atoms with E-state index in [1.54, 1.807) is 6.07 Å². The number of aryl methyl sites for hydroxylation is 2. The lowest BCUT2D eigenvalue weighted by molar-refractivity contribution is 0.101. The molecule has 0 bridgehead atoms. The van der Waals surface area contributed by atoms with Crippen LogP contribution in [-0.2, 0) is 6.54 Å². The number of hydrogen-bond donors (Lipinski definition) is 1. The van der Waals surface area contributed by atoms with E-state index in [0.29, 0.717) is 23.1 Å². The van der Waals surface area contributed by atoms with Crippen molar-refractivity contribution in [3.63, 3.8) is 0 Å². The molecule has 0 atom stereocenters. The second-order valence-electron chi connectivity index (χ2n) is 6.85. The van der Waals surface area contributed by atoms with Crippen molar-refractivity contribution in [2.75, 3.05) is 5.32 Å². The van der Waals surface area contributed by atoms with E-state index in [9.17, 15) is 4.79 Å². The minimum Gasteiger partial charge on any atom is -0.355 e. The zero-order valence-corrected chi connectivity index (χ0v) is 16.8. The fraction of sp³-hybridized carbons (Fsp3) is 0.136. The number of nitrogens with zero attached hydrogens (tertiary/aromatic N) is 3. The highest BCUT2D eigenvalue weighted by Crippen LogP contribution is 2.21. The predicted molar refractivity (Wildman–Crippen MR) is 112 cm³/mol. The first-order valence-corrected chi connectivity index (χ1v) is 9.50. The summed E-state index contributed by atoms with van der Waals surface area (Å²) in [5.74, 6) is 0.629. The van der Waals surface area contributed by atoms with E-state index >= 15 is 0 Å². The van der Waals surface area contributed by atoms with Crippen molar-refractivity contribution in [2.45, 2.75) is 20.4 Å². The molecule has 2 heterocycles. The van der Waals surface area contributed by atoms with Gasteiger partial charge in [0.25, 0.3) is 5.91 Å². The van der Waals surface area contributed by atoms with Gasteiger partial charge in [0.05, 0.1) is 6.54 Å². The quantitative estimate of drug-likeness (QED) is 0.500. The Morgan fingerprint density at radius 2 is 1.79 bits per heavy atom. The molecule has 0 saturated carbocycles. The van der Waals surface area contributed by atoms with E-state index in [-0.39, 0.29) is 11.6 Å². The Labute approximate surface area is 173 Å². The number of halogens is 1. The first-order valence-electron chi connectivity index (χ1n) is 9.12. The van der Waals surface area contributed by atoms with Gasteiger partial charge < -0.3 is 9.84 Å². The average Bonchev–Trinajstić information content (AvgIpc) is 3.32. The van der Waals surface area contributed by atoms with E-state index < -0.39 is 0 Å². The Morgan fingerprint density at radius 3 is 2.52 bits per heavy atom. The van der Waals surface area contributed by atoms with Gasteiger partial charge in [0.15, 0.2) is 17.3 Å². The molecule has 7 heteroatoms. The lowest BCUT2D eigenvalue weighted by Crippen LogP contribution is -2.13. The minimum atomic E-state index is -0.372. The van der Waals surface area contributed by atoms with E-state index in [4.69, 9.17) is 16.1 Å². The summed E-state index contributed by atoms with van der Waals surface area (Å²) in [6, 6.07) is 18.8. The molecule has 0 radical (unpaired) electrons. The first kappa shape index (κ1) is 19.0. The van der Waals surface area contributed by atoms with Gasteiger partial charge in [-0.25, -0.2) is 0 Å². The van der Waals surface area contributed by atoms with Crippen molar-refractivity contribution in [3.8, 4) is 11.3 Å². The standard InChI is InChI=1S/C22H19ClN4O2/c1-14-3-7-17(8-4-14)20-12-19(26-29-20)22(28)24-21-11-15(2)27(25-21)13-16-5-9-18(23)10-6-16/h3-12H,13H2,1-2H3,(H,24,25,28). The van der Waals surface area contributed by atoms with E-state index in [0.717, 1.165) is 22.4 Å². The summed E-state index contributed by atoms with van der Waals surface area (Å²) in [5, 5.41) is 11.8. The van der Waals surface area contributed by atoms with Crippen molar-refractivity contribution < 1.29 is 9.32 Å². The van der Waals surface area contributed by atoms with Crippen LogP contribution >= 0.6 is 11.6 Å². The summed E-state index contributed by atoms with van der Waals surface area (Å²) in [7, 11) is 0. The number of benzene rings is 2. The Bertz CT molecular complexity index is 1140. The fourth-order valence-electron chi connectivity index (χ4n) is 2.91. The SMILES string of the molecule is Cc1ccc(-c2cc(C(=O)Nc3cc(C)n(Cc4ccc(Cl)cc4)n3)no2)cc1. The van der Waals surface area contributed by atoms with Crippen LogP contribution in [0.15, 0.2) is 65.2 Å². The highest BCUT2D eigenvalue weighted by Gasteiger charge is 2.16. The maximum Gasteiger partial charge on any atom is 0.279 e.